The molecular weight excluding hydrogens is 988 g/mol. The summed E-state index contributed by atoms with van der Waals surface area (Å²) in [4.78, 5) is 72.5. The number of benzene rings is 4. The Kier molecular flexibility index (Phi) is 24.0. The third kappa shape index (κ3) is 16.9. The summed E-state index contributed by atoms with van der Waals surface area (Å²) in [6.07, 6.45) is 9.96. The van der Waals surface area contributed by atoms with E-state index in [0.717, 1.165) is 61.0 Å². The largest absolute Gasteiger partial charge is 0.483 e. The number of likely N-dealkylation sites (tertiary alicyclic amines) is 2. The minimum atomic E-state index is -0.357. The first-order chi connectivity index (χ1) is 35.7. The number of carboxylic acid groups (broad SMARTS) is 2. The molecule has 396 valence electrons. The Morgan fingerprint density at radius 3 is 1.41 bits per heavy atom. The fraction of sp³-hybridized carbons (Fsp3) is 0.429. The van der Waals surface area contributed by atoms with Crippen LogP contribution in [0, 0.1) is 13.8 Å². The molecule has 0 aliphatic carbocycles. The highest BCUT2D eigenvalue weighted by Crippen LogP contribution is 2.26. The van der Waals surface area contributed by atoms with Crippen LogP contribution in [0.5, 0.6) is 0 Å². The molecule has 2 aliphatic heterocycles. The smallest absolute Gasteiger partial charge is 0.290 e. The first-order valence-corrected chi connectivity index (χ1v) is 25.9. The minimum absolute atomic E-state index is 0.0158. The van der Waals surface area contributed by atoms with Gasteiger partial charge in [0, 0.05) is 48.0 Å². The van der Waals surface area contributed by atoms with E-state index in [0.29, 0.717) is 59.1 Å². The van der Waals surface area contributed by atoms with Gasteiger partial charge in [-0.15, -0.1) is 0 Å². The van der Waals surface area contributed by atoms with Gasteiger partial charge in [-0.25, -0.2) is 10.2 Å². The molecule has 16 nitrogen and oxygen atoms in total. The highest BCUT2D eigenvalue weighted by atomic mass is 35.5. The van der Waals surface area contributed by atoms with Crippen LogP contribution in [0.2, 0.25) is 10.3 Å². The molecule has 74 heavy (non-hydrogen) atoms. The second-order valence-electron chi connectivity index (χ2n) is 18.3. The zero-order valence-corrected chi connectivity index (χ0v) is 44.3. The number of nitrogens with zero attached hydrogens (tertiary/aromatic N) is 4. The van der Waals surface area contributed by atoms with Gasteiger partial charge < -0.3 is 29.5 Å². The van der Waals surface area contributed by atoms with Gasteiger partial charge in [0.25, 0.3) is 24.1 Å². The molecular formula is C56H68Cl2N6O10. The third-order valence-electron chi connectivity index (χ3n) is 13.4. The number of hydrogen-bond acceptors (Lipinski definition) is 12. The van der Waals surface area contributed by atoms with E-state index in [1.165, 1.54) is 74.1 Å². The fourth-order valence-corrected chi connectivity index (χ4v) is 9.88. The predicted molar refractivity (Wildman–Crippen MR) is 289 cm³/mol. The predicted octanol–water partition coefficient (Wildman–Crippen LogP) is 9.15. The molecule has 0 atom stereocenters. The van der Waals surface area contributed by atoms with Gasteiger partial charge in [-0.05, 0) is 181 Å². The van der Waals surface area contributed by atoms with Crippen LogP contribution in [0.4, 0.5) is 0 Å². The van der Waals surface area contributed by atoms with Gasteiger partial charge in [0.2, 0.25) is 0 Å². The molecule has 0 saturated carbocycles. The number of ether oxygens (including phenoxy) is 2. The van der Waals surface area contributed by atoms with Gasteiger partial charge in [0.1, 0.15) is 0 Å². The van der Waals surface area contributed by atoms with E-state index in [1.807, 2.05) is 13.8 Å². The number of nitrogens with one attached hydrogen (secondary N) is 2. The molecule has 0 amide bonds. The number of aromatic nitrogens is 4. The molecule has 4 aromatic carbocycles. The van der Waals surface area contributed by atoms with Crippen molar-refractivity contribution in [3.8, 4) is 0 Å². The molecule has 2 aliphatic rings. The van der Waals surface area contributed by atoms with Gasteiger partial charge in [-0.3, -0.25) is 28.8 Å². The number of ketones is 2. The summed E-state index contributed by atoms with van der Waals surface area (Å²) in [7, 11) is 0. The number of aryl methyl sites for hydroxylation is 2. The van der Waals surface area contributed by atoms with E-state index in [9.17, 15) is 19.2 Å². The van der Waals surface area contributed by atoms with Crippen molar-refractivity contribution in [1.29, 1.82) is 0 Å². The van der Waals surface area contributed by atoms with Crippen LogP contribution in [0.1, 0.15) is 118 Å². The maximum atomic E-state index is 13.2. The summed E-state index contributed by atoms with van der Waals surface area (Å²) in [5.41, 5.74) is 9.48. The Labute approximate surface area is 441 Å². The Balaban J connectivity index is 0.000000248. The van der Waals surface area contributed by atoms with Crippen molar-refractivity contribution in [2.45, 2.75) is 105 Å². The van der Waals surface area contributed by atoms with E-state index in [2.05, 4.69) is 68.3 Å². The SMILES string of the molecule is CCOCc1cc(CCCN2CCCC2)c(C)c(CC(=O)c2ccc3c(=O)[nH]nc(Cl)c3c2)c1.CCOCc1cc(CCCN2CCCC2)c(C)c(CC(=O)c2ccc3c(Cl)n[nH]c(=O)c3c2)c1.O=CO.O=CO. The second-order valence-corrected chi connectivity index (χ2v) is 19.0. The van der Waals surface area contributed by atoms with Crippen LogP contribution in [-0.4, -0.2) is 117 Å². The summed E-state index contributed by atoms with van der Waals surface area (Å²) in [5.74, 6) is -0.0492. The molecule has 0 unspecified atom stereocenters. The number of carbonyl (C=O) groups excluding carboxylic acids is 2. The Morgan fingerprint density at radius 1 is 0.595 bits per heavy atom. The number of fused-ring (bicyclic) bond motifs is 2. The van der Waals surface area contributed by atoms with Gasteiger partial charge in [0.05, 0.1) is 24.0 Å². The fourth-order valence-electron chi connectivity index (χ4n) is 9.48. The van der Waals surface area contributed by atoms with Crippen molar-refractivity contribution >= 4 is 69.3 Å². The molecule has 0 radical (unpaired) electrons. The Hall–Kier alpha value is -6.14. The van der Waals surface area contributed by atoms with Crippen molar-refractivity contribution in [2.75, 3.05) is 52.5 Å². The standard InChI is InChI=1S/2C27H32ClN3O3.2CH2O2/c1-3-34-17-19-13-20(7-6-12-31-10-4-5-11-31)18(2)22(14-19)16-25(32)21-8-9-23-24(15-21)26(28)29-30-27(23)33;1-3-34-17-19-13-20(7-6-12-31-10-4-5-11-31)18(2)22(14-19)16-25(32)21-8-9-23-24(15-21)27(33)30-29-26(23)28;2*2-1-3/h2*8-9,13-15H,3-7,10-12,16-17H2,1-2H3,(H,30,33);2*1H,(H,2,3). The zero-order chi connectivity index (χ0) is 53.6. The van der Waals surface area contributed by atoms with Crippen LogP contribution in [0.25, 0.3) is 21.5 Å². The van der Waals surface area contributed by atoms with E-state index in [4.69, 9.17) is 52.5 Å². The molecule has 18 heteroatoms. The number of aromatic amines is 2. The maximum absolute atomic E-state index is 13.2. The maximum Gasteiger partial charge on any atom is 0.290 e. The minimum Gasteiger partial charge on any atom is -0.483 e. The van der Waals surface area contributed by atoms with Crippen LogP contribution < -0.4 is 11.1 Å². The van der Waals surface area contributed by atoms with E-state index in [-0.39, 0.29) is 58.8 Å². The van der Waals surface area contributed by atoms with Gasteiger partial charge in [-0.1, -0.05) is 65.7 Å². The number of Topliss-reactive ketones (excluding diaryl/α,β-unsaturated/α-hetero) is 2. The quantitative estimate of drug-likeness (QED) is 0.0413. The van der Waals surface area contributed by atoms with Gasteiger partial charge in [0.15, 0.2) is 21.9 Å². The molecule has 2 fully saturated rings. The summed E-state index contributed by atoms with van der Waals surface area (Å²) < 4.78 is 11.3. The first-order valence-electron chi connectivity index (χ1n) is 25.2. The van der Waals surface area contributed by atoms with E-state index >= 15 is 0 Å². The lowest BCUT2D eigenvalue weighted by Gasteiger charge is -2.17. The van der Waals surface area contributed by atoms with Gasteiger partial charge >= 0.3 is 0 Å². The lowest BCUT2D eigenvalue weighted by Crippen LogP contribution is -2.21. The molecule has 8 rings (SSSR count). The first kappa shape index (κ1) is 58.7. The number of carbonyl (C=O) groups is 4. The topological polar surface area (TPSA) is 225 Å². The number of rotatable bonds is 20. The highest BCUT2D eigenvalue weighted by Gasteiger charge is 2.19. The lowest BCUT2D eigenvalue weighted by molar-refractivity contribution is -0.123. The molecule has 2 saturated heterocycles. The highest BCUT2D eigenvalue weighted by molar-refractivity contribution is 6.34. The average Bonchev–Trinajstić information content (AvgIpc) is 4.13. The van der Waals surface area contributed by atoms with Crippen molar-refractivity contribution in [3.05, 3.63) is 147 Å². The van der Waals surface area contributed by atoms with Crippen molar-refractivity contribution in [3.63, 3.8) is 0 Å². The van der Waals surface area contributed by atoms with Crippen molar-refractivity contribution in [2.24, 2.45) is 0 Å². The molecule has 2 aromatic heterocycles. The molecule has 0 bridgehead atoms. The molecule has 6 aromatic rings. The summed E-state index contributed by atoms with van der Waals surface area (Å²) in [6, 6.07) is 18.6. The number of halogens is 2. The van der Waals surface area contributed by atoms with Crippen LogP contribution in [0.15, 0.2) is 70.3 Å². The summed E-state index contributed by atoms with van der Waals surface area (Å²) in [6.45, 7) is 17.1. The molecule has 4 heterocycles. The number of H-pyrrole nitrogens is 2. The van der Waals surface area contributed by atoms with Crippen LogP contribution in [-0.2, 0) is 58.0 Å². The summed E-state index contributed by atoms with van der Waals surface area (Å²) >= 11 is 12.3. The normalized spacial score (nSPS) is 13.4. The third-order valence-corrected chi connectivity index (χ3v) is 14.0. The summed E-state index contributed by atoms with van der Waals surface area (Å²) in [5, 5.41) is 28.3. The monoisotopic (exact) mass is 1050 g/mol. The lowest BCUT2D eigenvalue weighted by atomic mass is 9.91. The Bertz CT molecular complexity index is 2960. The average molecular weight is 1060 g/mol. The molecule has 0 spiro atoms. The molecule has 4 N–H and O–H groups in total. The van der Waals surface area contributed by atoms with Crippen LogP contribution in [0.3, 0.4) is 0 Å². The van der Waals surface area contributed by atoms with Crippen molar-refractivity contribution < 1.29 is 38.9 Å². The number of hydrogen-bond donors (Lipinski definition) is 4. The van der Waals surface area contributed by atoms with Crippen molar-refractivity contribution in [1.82, 2.24) is 30.2 Å². The van der Waals surface area contributed by atoms with Crippen LogP contribution >= 0.6 is 23.2 Å². The van der Waals surface area contributed by atoms with E-state index < -0.39 is 0 Å². The second kappa shape index (κ2) is 30.3. The Morgan fingerprint density at radius 2 is 0.973 bits per heavy atom. The zero-order valence-electron chi connectivity index (χ0n) is 42.8. The van der Waals surface area contributed by atoms with E-state index in [1.54, 1.807) is 36.4 Å². The van der Waals surface area contributed by atoms with Gasteiger partial charge in [-0.2, -0.15) is 10.2 Å².